The van der Waals surface area contributed by atoms with Crippen LogP contribution in [0.4, 0.5) is 0 Å². The highest BCUT2D eigenvalue weighted by atomic mass is 16.6. The molecule has 0 N–H and O–H groups in total. The van der Waals surface area contributed by atoms with Crippen LogP contribution in [-0.4, -0.2) is 48.9 Å². The summed E-state index contributed by atoms with van der Waals surface area (Å²) in [6, 6.07) is 29.5. The van der Waals surface area contributed by atoms with Crippen LogP contribution in [0.2, 0.25) is 0 Å². The maximum Gasteiger partial charge on any atom is 0.374 e. The van der Waals surface area contributed by atoms with Gasteiger partial charge in [0.1, 0.15) is 18.3 Å². The zero-order chi connectivity index (χ0) is 27.5. The third-order valence-corrected chi connectivity index (χ3v) is 6.61. The van der Waals surface area contributed by atoms with E-state index in [-0.39, 0.29) is 19.6 Å². The van der Waals surface area contributed by atoms with Gasteiger partial charge in [-0.05, 0) is 30.5 Å². The van der Waals surface area contributed by atoms with Gasteiger partial charge in [-0.15, -0.1) is 0 Å². The van der Waals surface area contributed by atoms with Crippen LogP contribution in [0, 0.1) is 0 Å². The zero-order valence-electron chi connectivity index (χ0n) is 22.4. The van der Waals surface area contributed by atoms with Crippen LogP contribution in [0.5, 0.6) is 0 Å². The molecule has 0 aromatic heterocycles. The predicted molar refractivity (Wildman–Crippen MR) is 146 cm³/mol. The average molecular weight is 533 g/mol. The van der Waals surface area contributed by atoms with Gasteiger partial charge in [0.25, 0.3) is 0 Å². The topological polar surface area (TPSA) is 80.3 Å². The van der Waals surface area contributed by atoms with Gasteiger partial charge >= 0.3 is 5.97 Å². The Labute approximate surface area is 230 Å². The van der Waals surface area contributed by atoms with Crippen LogP contribution < -0.4 is 0 Å². The van der Waals surface area contributed by atoms with Gasteiger partial charge in [0, 0.05) is 6.42 Å². The Kier molecular flexibility index (Phi) is 10.8. The number of ketones is 1. The van der Waals surface area contributed by atoms with Crippen molar-refractivity contribution >= 4 is 11.8 Å². The van der Waals surface area contributed by atoms with Crippen molar-refractivity contribution in [1.29, 1.82) is 0 Å². The number of carbonyl (C=O) groups is 2. The van der Waals surface area contributed by atoms with Gasteiger partial charge < -0.3 is 23.7 Å². The van der Waals surface area contributed by atoms with Gasteiger partial charge in [-0.1, -0.05) is 91.0 Å². The summed E-state index contributed by atoms with van der Waals surface area (Å²) in [6.45, 7) is 4.65. The van der Waals surface area contributed by atoms with E-state index in [9.17, 15) is 9.59 Å². The van der Waals surface area contributed by atoms with Crippen LogP contribution >= 0.6 is 0 Å². The molecular formula is C32H36O7. The summed E-state index contributed by atoms with van der Waals surface area (Å²) < 4.78 is 30.6. The standard InChI is InChI=1S/C32H36O7/c1-3-35-32(34)27(33)19-28-30(37-21-25-15-9-5-10-16-25)31(38-22-26-17-11-6-12-18-26)29(23(2)39-28)36-20-24-13-7-4-8-14-24/h4-18,23,28-31H,3,19-22H2,1-2H3/t23-,28-,29+,30+,31+/m0/s1. The lowest BCUT2D eigenvalue weighted by Crippen LogP contribution is -2.59. The van der Waals surface area contributed by atoms with E-state index in [0.29, 0.717) is 13.2 Å². The molecule has 1 heterocycles. The third-order valence-electron chi connectivity index (χ3n) is 6.61. The summed E-state index contributed by atoms with van der Waals surface area (Å²) in [4.78, 5) is 24.9. The quantitative estimate of drug-likeness (QED) is 0.225. The van der Waals surface area contributed by atoms with Crippen LogP contribution in [-0.2, 0) is 53.1 Å². The molecule has 5 atom stereocenters. The summed E-state index contributed by atoms with van der Waals surface area (Å²) in [5.74, 6) is -1.53. The molecule has 1 saturated heterocycles. The monoisotopic (exact) mass is 532 g/mol. The molecule has 39 heavy (non-hydrogen) atoms. The van der Waals surface area contributed by atoms with Crippen molar-refractivity contribution in [2.24, 2.45) is 0 Å². The number of hydrogen-bond donors (Lipinski definition) is 0. The highest BCUT2D eigenvalue weighted by molar-refractivity contribution is 6.33. The molecule has 0 bridgehead atoms. The van der Waals surface area contributed by atoms with Crippen molar-refractivity contribution in [1.82, 2.24) is 0 Å². The lowest BCUT2D eigenvalue weighted by molar-refractivity contribution is -0.261. The fraction of sp³-hybridized carbons (Fsp3) is 0.375. The summed E-state index contributed by atoms with van der Waals surface area (Å²) >= 11 is 0. The van der Waals surface area contributed by atoms with E-state index in [2.05, 4.69) is 0 Å². The van der Waals surface area contributed by atoms with Crippen molar-refractivity contribution in [3.8, 4) is 0 Å². The fourth-order valence-electron chi connectivity index (χ4n) is 4.66. The molecule has 1 fully saturated rings. The summed E-state index contributed by atoms with van der Waals surface area (Å²) in [6.07, 6.45) is -3.06. The molecule has 1 aliphatic heterocycles. The molecular weight excluding hydrogens is 496 g/mol. The molecule has 1 aliphatic rings. The molecule has 0 aliphatic carbocycles. The SMILES string of the molecule is CCOC(=O)C(=O)C[C@@H]1O[C@@H](C)[C@@H](OCc2ccccc2)[C@@H](OCc2ccccc2)[C@@H]1OCc1ccccc1. The number of ether oxygens (including phenoxy) is 5. The minimum absolute atomic E-state index is 0.124. The molecule has 3 aromatic rings. The largest absolute Gasteiger partial charge is 0.460 e. The van der Waals surface area contributed by atoms with Crippen LogP contribution in [0.3, 0.4) is 0 Å². The van der Waals surface area contributed by atoms with Gasteiger partial charge in [-0.25, -0.2) is 4.79 Å². The first-order valence-electron chi connectivity index (χ1n) is 13.4. The van der Waals surface area contributed by atoms with Gasteiger partial charge in [0.2, 0.25) is 5.78 Å². The fourth-order valence-corrected chi connectivity index (χ4v) is 4.66. The highest BCUT2D eigenvalue weighted by Gasteiger charge is 2.47. The minimum atomic E-state index is -0.875. The average Bonchev–Trinajstić information content (AvgIpc) is 2.96. The molecule has 7 heteroatoms. The van der Waals surface area contributed by atoms with Crippen molar-refractivity contribution in [3.63, 3.8) is 0 Å². The van der Waals surface area contributed by atoms with Crippen molar-refractivity contribution in [2.75, 3.05) is 6.61 Å². The molecule has 3 aromatic carbocycles. The number of Topliss-reactive ketones (excluding diaryl/α,β-unsaturated/α-hetero) is 1. The second-order valence-electron chi connectivity index (χ2n) is 9.51. The number of rotatable bonds is 13. The lowest BCUT2D eigenvalue weighted by atomic mass is 9.92. The normalized spacial score (nSPS) is 22.8. The van der Waals surface area contributed by atoms with Gasteiger partial charge in [0.05, 0.1) is 38.6 Å². The Morgan fingerprint density at radius 3 is 1.56 bits per heavy atom. The number of hydrogen-bond acceptors (Lipinski definition) is 7. The lowest BCUT2D eigenvalue weighted by Gasteiger charge is -2.45. The summed E-state index contributed by atoms with van der Waals surface area (Å²) in [5.41, 5.74) is 2.99. The zero-order valence-corrected chi connectivity index (χ0v) is 22.4. The van der Waals surface area contributed by atoms with Crippen LogP contribution in [0.15, 0.2) is 91.0 Å². The molecule has 0 saturated carbocycles. The minimum Gasteiger partial charge on any atom is -0.460 e. The van der Waals surface area contributed by atoms with E-state index in [1.54, 1.807) is 6.92 Å². The molecule has 0 unspecified atom stereocenters. The summed E-state index contributed by atoms with van der Waals surface area (Å²) in [5, 5.41) is 0. The second-order valence-corrected chi connectivity index (χ2v) is 9.51. The first-order chi connectivity index (χ1) is 19.0. The molecule has 206 valence electrons. The molecule has 4 rings (SSSR count). The van der Waals surface area contributed by atoms with Crippen molar-refractivity contribution in [3.05, 3.63) is 108 Å². The number of carbonyl (C=O) groups excluding carboxylic acids is 2. The van der Waals surface area contributed by atoms with Crippen molar-refractivity contribution in [2.45, 2.75) is 70.6 Å². The molecule has 0 spiro atoms. The van der Waals surface area contributed by atoms with Gasteiger partial charge in [0.15, 0.2) is 0 Å². The van der Waals surface area contributed by atoms with E-state index in [1.807, 2.05) is 97.9 Å². The maximum atomic E-state index is 12.7. The second kappa shape index (κ2) is 14.7. The van der Waals surface area contributed by atoms with Crippen LogP contribution in [0.25, 0.3) is 0 Å². The first-order valence-corrected chi connectivity index (χ1v) is 13.4. The Morgan fingerprint density at radius 2 is 1.10 bits per heavy atom. The van der Waals surface area contributed by atoms with E-state index in [1.165, 1.54) is 0 Å². The van der Waals surface area contributed by atoms with Gasteiger partial charge in [-0.3, -0.25) is 4.79 Å². The Hall–Kier alpha value is -3.36. The van der Waals surface area contributed by atoms with E-state index in [4.69, 9.17) is 23.7 Å². The molecule has 7 nitrogen and oxygen atoms in total. The van der Waals surface area contributed by atoms with Gasteiger partial charge in [-0.2, -0.15) is 0 Å². The van der Waals surface area contributed by atoms with Crippen LogP contribution in [0.1, 0.15) is 37.0 Å². The summed E-state index contributed by atoms with van der Waals surface area (Å²) in [7, 11) is 0. The van der Waals surface area contributed by atoms with E-state index >= 15 is 0 Å². The third kappa shape index (κ3) is 8.31. The molecule has 0 radical (unpaired) electrons. The Bertz CT molecular complexity index is 1150. The highest BCUT2D eigenvalue weighted by Crippen LogP contribution is 2.32. The van der Waals surface area contributed by atoms with E-state index in [0.717, 1.165) is 16.7 Å². The predicted octanol–water partition coefficient (Wildman–Crippen LogP) is 5.05. The Balaban J connectivity index is 1.60. The molecule has 0 amide bonds. The number of benzene rings is 3. The Morgan fingerprint density at radius 1 is 0.667 bits per heavy atom. The van der Waals surface area contributed by atoms with Crippen molar-refractivity contribution < 1.29 is 33.3 Å². The first kappa shape index (κ1) is 28.6. The smallest absolute Gasteiger partial charge is 0.374 e. The number of esters is 1. The van der Waals surface area contributed by atoms with E-state index < -0.39 is 42.3 Å². The maximum absolute atomic E-state index is 12.7.